The number of ether oxygens (including phenoxy) is 3. The molecule has 9 nitrogen and oxygen atoms in total. The highest BCUT2D eigenvalue weighted by Crippen LogP contribution is 2.29. The predicted octanol–water partition coefficient (Wildman–Crippen LogP) is 2.21. The fourth-order valence-corrected chi connectivity index (χ4v) is 4.02. The summed E-state index contributed by atoms with van der Waals surface area (Å²) in [5.41, 5.74) is 11.3. The molecule has 1 aliphatic heterocycles. The van der Waals surface area contributed by atoms with Crippen molar-refractivity contribution < 1.29 is 28.2 Å². The van der Waals surface area contributed by atoms with Crippen LogP contribution in [0.4, 0.5) is 10.1 Å². The lowest BCUT2D eigenvalue weighted by atomic mass is 10.0. The van der Waals surface area contributed by atoms with E-state index in [0.29, 0.717) is 25.3 Å². The monoisotopic (exact) mass is 508 g/mol. The van der Waals surface area contributed by atoms with E-state index in [4.69, 9.17) is 37.3 Å². The Hall–Kier alpha value is -3.08. The molecule has 2 amide bonds. The third kappa shape index (κ3) is 7.71. The molecule has 0 saturated carbocycles. The van der Waals surface area contributed by atoms with Crippen molar-refractivity contribution in [1.82, 2.24) is 10.2 Å². The summed E-state index contributed by atoms with van der Waals surface area (Å²) >= 11 is 6.11. The Bertz CT molecular complexity index is 1020. The molecule has 2 atom stereocenters. The molecule has 0 spiro atoms. The lowest BCUT2D eigenvalue weighted by Gasteiger charge is -2.38. The van der Waals surface area contributed by atoms with Crippen molar-refractivity contribution in [2.45, 2.75) is 25.0 Å². The molecule has 190 valence electrons. The average Bonchev–Trinajstić information content (AvgIpc) is 2.84. The number of nitrogens with zero attached hydrogens (tertiary/aromatic N) is 1. The molecule has 5 N–H and O–H groups in total. The molecule has 1 fully saturated rings. The highest BCUT2D eigenvalue weighted by atomic mass is 35.5. The van der Waals surface area contributed by atoms with Crippen LogP contribution in [0.15, 0.2) is 36.4 Å². The maximum Gasteiger partial charge on any atom is 0.255 e. The second-order valence-corrected chi connectivity index (χ2v) is 8.63. The summed E-state index contributed by atoms with van der Waals surface area (Å²) in [6.07, 6.45) is 1.23. The minimum absolute atomic E-state index is 0.121. The molecule has 3 rings (SSSR count). The lowest BCUT2D eigenvalue weighted by molar-refractivity contribution is -0.119. The molecule has 2 aromatic carbocycles. The minimum Gasteiger partial charge on any atom is -0.494 e. The van der Waals surface area contributed by atoms with Gasteiger partial charge >= 0.3 is 0 Å². The van der Waals surface area contributed by atoms with Gasteiger partial charge in [0.1, 0.15) is 17.3 Å². The summed E-state index contributed by atoms with van der Waals surface area (Å²) in [6, 6.07) is 8.49. The first-order valence-electron chi connectivity index (χ1n) is 11.2. The largest absolute Gasteiger partial charge is 0.494 e. The van der Waals surface area contributed by atoms with Crippen LogP contribution in [-0.4, -0.2) is 68.8 Å². The number of primary amides is 1. The van der Waals surface area contributed by atoms with Crippen molar-refractivity contribution in [3.05, 3.63) is 52.8 Å². The average molecular weight is 509 g/mol. The van der Waals surface area contributed by atoms with E-state index in [-0.39, 0.29) is 40.0 Å². The van der Waals surface area contributed by atoms with Crippen molar-refractivity contribution in [2.75, 3.05) is 45.7 Å². The number of piperidine rings is 1. The number of amides is 2. The lowest BCUT2D eigenvalue weighted by Crippen LogP contribution is -2.55. The van der Waals surface area contributed by atoms with Gasteiger partial charge in [0.2, 0.25) is 0 Å². The second kappa shape index (κ2) is 12.6. The van der Waals surface area contributed by atoms with Gasteiger partial charge in [-0.2, -0.15) is 0 Å². The van der Waals surface area contributed by atoms with Crippen LogP contribution in [0.1, 0.15) is 23.2 Å². The first-order chi connectivity index (χ1) is 16.8. The predicted molar refractivity (Wildman–Crippen MR) is 130 cm³/mol. The van der Waals surface area contributed by atoms with Gasteiger partial charge in [-0.25, -0.2) is 4.39 Å². The fourth-order valence-electron chi connectivity index (χ4n) is 3.86. The van der Waals surface area contributed by atoms with E-state index in [1.807, 2.05) is 0 Å². The SMILES string of the molecule is CO[C@@H]1CN(CCCOc2ccc(F)cc2)CC[C@@H]1NC(=O)c1cc(Cl)c(N)cc1OCC(N)=O. The third-order valence-electron chi connectivity index (χ3n) is 5.68. The van der Waals surface area contributed by atoms with Gasteiger partial charge in [-0.05, 0) is 43.2 Å². The van der Waals surface area contributed by atoms with Crippen LogP contribution in [-0.2, 0) is 9.53 Å². The Morgan fingerprint density at radius 1 is 1.23 bits per heavy atom. The molecule has 2 aromatic rings. The first-order valence-corrected chi connectivity index (χ1v) is 11.6. The zero-order valence-corrected chi connectivity index (χ0v) is 20.2. The number of carbonyl (C=O) groups is 2. The molecule has 35 heavy (non-hydrogen) atoms. The Labute approximate surface area is 208 Å². The van der Waals surface area contributed by atoms with E-state index >= 15 is 0 Å². The number of carbonyl (C=O) groups excluding carboxylic acids is 2. The number of benzene rings is 2. The van der Waals surface area contributed by atoms with Crippen LogP contribution < -0.4 is 26.3 Å². The molecule has 0 aliphatic carbocycles. The van der Waals surface area contributed by atoms with Crippen LogP contribution in [0.2, 0.25) is 5.02 Å². The second-order valence-electron chi connectivity index (χ2n) is 8.22. The normalized spacial score (nSPS) is 18.1. The molecule has 1 aliphatic rings. The van der Waals surface area contributed by atoms with Gasteiger partial charge in [0, 0.05) is 32.8 Å². The maximum atomic E-state index is 13.0. The van der Waals surface area contributed by atoms with E-state index in [9.17, 15) is 14.0 Å². The van der Waals surface area contributed by atoms with E-state index in [1.165, 1.54) is 24.3 Å². The number of nitrogen functional groups attached to an aromatic ring is 1. The Morgan fingerprint density at radius 3 is 2.66 bits per heavy atom. The summed E-state index contributed by atoms with van der Waals surface area (Å²) in [4.78, 5) is 26.4. The topological polar surface area (TPSA) is 129 Å². The van der Waals surface area contributed by atoms with E-state index in [1.54, 1.807) is 19.2 Å². The fraction of sp³-hybridized carbons (Fsp3) is 0.417. The molecule has 1 heterocycles. The zero-order valence-electron chi connectivity index (χ0n) is 19.5. The van der Waals surface area contributed by atoms with Crippen molar-refractivity contribution in [2.24, 2.45) is 5.73 Å². The number of likely N-dealkylation sites (tertiary alicyclic amines) is 1. The molecule has 1 saturated heterocycles. The minimum atomic E-state index is -0.681. The molecule has 0 unspecified atom stereocenters. The molecular weight excluding hydrogens is 479 g/mol. The van der Waals surface area contributed by atoms with Crippen LogP contribution >= 0.6 is 11.6 Å². The Balaban J connectivity index is 1.53. The van der Waals surface area contributed by atoms with Gasteiger partial charge in [-0.3, -0.25) is 9.59 Å². The quantitative estimate of drug-likeness (QED) is 0.313. The standard InChI is InChI=1S/C24H30ClFN4O5/c1-33-22-13-30(8-2-10-34-16-5-3-15(26)4-6-16)9-7-20(22)29-24(32)17-11-18(25)19(27)12-21(17)35-14-23(28)31/h3-6,11-12,20,22H,2,7-10,13-14,27H2,1H3,(H2,28,31)(H,29,32)/t20-,22+/m0/s1. The molecule has 0 radical (unpaired) electrons. The zero-order chi connectivity index (χ0) is 25.4. The van der Waals surface area contributed by atoms with Crippen molar-refractivity contribution >= 4 is 29.1 Å². The number of anilines is 1. The summed E-state index contributed by atoms with van der Waals surface area (Å²) in [5, 5.41) is 3.18. The number of hydrogen-bond acceptors (Lipinski definition) is 7. The van der Waals surface area contributed by atoms with Gasteiger partial charge in [-0.1, -0.05) is 11.6 Å². The number of rotatable bonds is 11. The van der Waals surface area contributed by atoms with E-state index in [2.05, 4.69) is 10.2 Å². The molecule has 11 heteroatoms. The van der Waals surface area contributed by atoms with Gasteiger partial charge in [0.25, 0.3) is 11.8 Å². The van der Waals surface area contributed by atoms with Gasteiger partial charge < -0.3 is 35.9 Å². The maximum absolute atomic E-state index is 13.0. The van der Waals surface area contributed by atoms with Crippen molar-refractivity contribution in [1.29, 1.82) is 0 Å². The van der Waals surface area contributed by atoms with Gasteiger partial charge in [0.05, 0.1) is 35.0 Å². The van der Waals surface area contributed by atoms with Crippen LogP contribution in [0.3, 0.4) is 0 Å². The number of hydrogen-bond donors (Lipinski definition) is 3. The summed E-state index contributed by atoms with van der Waals surface area (Å²) in [6.45, 7) is 2.29. The van der Waals surface area contributed by atoms with Gasteiger partial charge in [-0.15, -0.1) is 0 Å². The number of halogens is 2. The van der Waals surface area contributed by atoms with E-state index < -0.39 is 18.4 Å². The first kappa shape index (κ1) is 26.5. The van der Waals surface area contributed by atoms with Crippen LogP contribution in [0, 0.1) is 5.82 Å². The van der Waals surface area contributed by atoms with Crippen LogP contribution in [0.25, 0.3) is 0 Å². The smallest absolute Gasteiger partial charge is 0.255 e. The Kier molecular flexibility index (Phi) is 9.53. The van der Waals surface area contributed by atoms with Gasteiger partial charge in [0.15, 0.2) is 6.61 Å². The van der Waals surface area contributed by atoms with Crippen molar-refractivity contribution in [3.8, 4) is 11.5 Å². The number of methoxy groups -OCH3 is 1. The Morgan fingerprint density at radius 2 is 1.97 bits per heavy atom. The summed E-state index contributed by atoms with van der Waals surface area (Å²) < 4.78 is 29.6. The molecule has 0 bridgehead atoms. The number of nitrogens with two attached hydrogens (primary N) is 2. The highest BCUT2D eigenvalue weighted by Gasteiger charge is 2.31. The summed E-state index contributed by atoms with van der Waals surface area (Å²) in [7, 11) is 1.60. The van der Waals surface area contributed by atoms with E-state index in [0.717, 1.165) is 19.5 Å². The van der Waals surface area contributed by atoms with Crippen LogP contribution in [0.5, 0.6) is 11.5 Å². The highest BCUT2D eigenvalue weighted by molar-refractivity contribution is 6.33. The molecular formula is C24H30ClFN4O5. The third-order valence-corrected chi connectivity index (χ3v) is 6.00. The number of nitrogens with one attached hydrogen (secondary N) is 1. The summed E-state index contributed by atoms with van der Waals surface area (Å²) in [5.74, 6) is -0.647. The van der Waals surface area contributed by atoms with Crippen molar-refractivity contribution in [3.63, 3.8) is 0 Å². The molecule has 0 aromatic heterocycles.